The van der Waals surface area contributed by atoms with Crippen LogP contribution in [0.2, 0.25) is 0 Å². The number of nitrogens with zero attached hydrogens (tertiary/aromatic N) is 3. The van der Waals surface area contributed by atoms with E-state index in [-0.39, 0.29) is 17.6 Å². The Labute approximate surface area is 204 Å². The number of pyridine rings is 1. The number of carbonyl (C=O) groups is 1. The van der Waals surface area contributed by atoms with E-state index < -0.39 is 5.60 Å². The smallest absolute Gasteiger partial charge is 0.325 e. The average molecular weight is 478 g/mol. The zero-order chi connectivity index (χ0) is 24.2. The van der Waals surface area contributed by atoms with Crippen LogP contribution in [0, 0.1) is 5.92 Å². The van der Waals surface area contributed by atoms with Crippen molar-refractivity contribution in [2.45, 2.75) is 75.9 Å². The Bertz CT molecular complexity index is 1270. The summed E-state index contributed by atoms with van der Waals surface area (Å²) in [5, 5.41) is 29.7. The summed E-state index contributed by atoms with van der Waals surface area (Å²) in [7, 11) is 0. The summed E-state index contributed by atoms with van der Waals surface area (Å²) in [5.41, 5.74) is 1.77. The molecule has 8 heteroatoms. The van der Waals surface area contributed by atoms with Gasteiger partial charge in [-0.1, -0.05) is 0 Å². The molecule has 35 heavy (non-hydrogen) atoms. The predicted octanol–water partition coefficient (Wildman–Crippen LogP) is 4.35. The summed E-state index contributed by atoms with van der Waals surface area (Å²) < 4.78 is 9.14. The maximum absolute atomic E-state index is 13.2. The molecule has 3 fully saturated rings. The van der Waals surface area contributed by atoms with Crippen LogP contribution in [0.1, 0.15) is 86.4 Å². The molecular formula is C27H33N4O4+. The molecule has 184 valence electrons. The van der Waals surface area contributed by atoms with Crippen molar-refractivity contribution in [2.75, 3.05) is 11.9 Å². The molecule has 0 saturated heterocycles. The quantitative estimate of drug-likeness (QED) is 0.347. The zero-order valence-electron chi connectivity index (χ0n) is 20.1. The van der Waals surface area contributed by atoms with Gasteiger partial charge in [0.15, 0.2) is 0 Å². The molecular weight excluding hydrogens is 444 g/mol. The molecule has 3 saturated carbocycles. The number of aliphatic hydroxyl groups is 1. The highest BCUT2D eigenvalue weighted by Gasteiger charge is 2.36. The number of hydrogen-bond acceptors (Lipinski definition) is 5. The van der Waals surface area contributed by atoms with Crippen LogP contribution < -0.4 is 14.8 Å². The van der Waals surface area contributed by atoms with Crippen LogP contribution in [0.4, 0.5) is 5.69 Å². The number of benzene rings is 1. The molecule has 2 aromatic heterocycles. The number of rotatable bonds is 7. The Morgan fingerprint density at radius 2 is 1.97 bits per heavy atom. The fourth-order valence-electron chi connectivity index (χ4n) is 5.02. The van der Waals surface area contributed by atoms with Crippen molar-refractivity contribution in [1.29, 1.82) is 0 Å². The maximum Gasteiger partial charge on any atom is 0.325 e. The van der Waals surface area contributed by atoms with Crippen LogP contribution in [-0.2, 0) is 0 Å². The minimum Gasteiger partial charge on any atom is -0.491 e. The predicted molar refractivity (Wildman–Crippen MR) is 130 cm³/mol. The van der Waals surface area contributed by atoms with E-state index in [1.807, 2.05) is 42.1 Å². The summed E-state index contributed by atoms with van der Waals surface area (Å²) in [6, 6.07) is 9.36. The fourth-order valence-corrected chi connectivity index (χ4v) is 5.02. The second kappa shape index (κ2) is 8.52. The van der Waals surface area contributed by atoms with E-state index in [0.29, 0.717) is 29.9 Å². The van der Waals surface area contributed by atoms with Gasteiger partial charge in [0.05, 0.1) is 29.5 Å². The van der Waals surface area contributed by atoms with Crippen molar-refractivity contribution in [1.82, 2.24) is 9.78 Å². The molecule has 0 atom stereocenters. The standard InChI is InChI=1S/C27H32N4O4/c1-27(33)11-9-20(10-12-27)30-15-19-13-22(25(14-21(19)29-30)35-16-17-5-6-17)28-26(32)24-4-2-3-23(31(24)34)18-7-8-18/h2-4,13-15,17-18,20,33H,5-12,16H2,1H3,(H-,28,32,34)/p+1. The number of anilines is 1. The van der Waals surface area contributed by atoms with Gasteiger partial charge in [-0.2, -0.15) is 5.10 Å². The van der Waals surface area contributed by atoms with Gasteiger partial charge in [0.25, 0.3) is 0 Å². The first-order valence-electron chi connectivity index (χ1n) is 12.8. The highest BCUT2D eigenvalue weighted by atomic mass is 16.5. The van der Waals surface area contributed by atoms with E-state index in [1.54, 1.807) is 6.07 Å². The Morgan fingerprint density at radius 3 is 2.69 bits per heavy atom. The summed E-state index contributed by atoms with van der Waals surface area (Å²) >= 11 is 0. The van der Waals surface area contributed by atoms with Crippen molar-refractivity contribution < 1.29 is 24.6 Å². The molecule has 0 unspecified atom stereocenters. The summed E-state index contributed by atoms with van der Waals surface area (Å²) in [6.45, 7) is 2.52. The van der Waals surface area contributed by atoms with Gasteiger partial charge in [0, 0.05) is 40.4 Å². The molecule has 8 nitrogen and oxygen atoms in total. The van der Waals surface area contributed by atoms with E-state index in [4.69, 9.17) is 9.84 Å². The van der Waals surface area contributed by atoms with E-state index in [2.05, 4.69) is 5.32 Å². The molecule has 1 amide bonds. The molecule has 6 rings (SSSR count). The molecule has 2 heterocycles. The van der Waals surface area contributed by atoms with Crippen molar-refractivity contribution in [3.8, 4) is 5.75 Å². The number of aromatic nitrogens is 3. The van der Waals surface area contributed by atoms with Gasteiger partial charge in [-0.3, -0.25) is 14.7 Å². The Morgan fingerprint density at radius 1 is 1.20 bits per heavy atom. The van der Waals surface area contributed by atoms with Gasteiger partial charge in [0.1, 0.15) is 5.75 Å². The Balaban J connectivity index is 1.29. The van der Waals surface area contributed by atoms with Crippen molar-refractivity contribution in [3.63, 3.8) is 0 Å². The van der Waals surface area contributed by atoms with Gasteiger partial charge in [-0.05, 0) is 76.3 Å². The monoisotopic (exact) mass is 477 g/mol. The maximum atomic E-state index is 13.2. The lowest BCUT2D eigenvalue weighted by atomic mass is 9.84. The fraction of sp³-hybridized carbons (Fsp3) is 0.519. The zero-order valence-corrected chi connectivity index (χ0v) is 20.1. The van der Waals surface area contributed by atoms with Crippen LogP contribution in [0.5, 0.6) is 5.75 Å². The lowest BCUT2D eigenvalue weighted by molar-refractivity contribution is -0.910. The van der Waals surface area contributed by atoms with Crippen molar-refractivity contribution in [2.24, 2.45) is 5.92 Å². The van der Waals surface area contributed by atoms with Gasteiger partial charge in [0.2, 0.25) is 5.69 Å². The summed E-state index contributed by atoms with van der Waals surface area (Å²) in [5.74, 6) is 1.09. The molecule has 3 aliphatic carbocycles. The molecule has 3 aromatic rings. The molecule has 0 aliphatic heterocycles. The second-order valence-electron chi connectivity index (χ2n) is 10.9. The number of fused-ring (bicyclic) bond motifs is 1. The van der Waals surface area contributed by atoms with Gasteiger partial charge < -0.3 is 15.2 Å². The molecule has 0 radical (unpaired) electrons. The molecule has 1 aromatic carbocycles. The topological polar surface area (TPSA) is 100 Å². The minimum atomic E-state index is -0.593. The second-order valence-corrected chi connectivity index (χ2v) is 10.9. The number of carbonyl (C=O) groups excluding carboxylic acids is 1. The number of amides is 1. The lowest BCUT2D eigenvalue weighted by Gasteiger charge is -2.33. The third-order valence-electron chi connectivity index (χ3n) is 7.67. The third-order valence-corrected chi connectivity index (χ3v) is 7.67. The third kappa shape index (κ3) is 4.72. The minimum absolute atomic E-state index is 0.201. The number of nitrogens with one attached hydrogen (secondary N) is 1. The lowest BCUT2D eigenvalue weighted by Crippen LogP contribution is -2.43. The Hall–Kier alpha value is -3.13. The highest BCUT2D eigenvalue weighted by molar-refractivity contribution is 6.04. The van der Waals surface area contributed by atoms with E-state index in [0.717, 1.165) is 59.9 Å². The first-order valence-corrected chi connectivity index (χ1v) is 12.8. The SMILES string of the molecule is CC1(O)CCC(n2cc3cc(NC(=O)c4cccc(C5CC5)[n+]4O)c(OCC4CC4)cc3n2)CC1. The Kier molecular flexibility index (Phi) is 5.44. The van der Waals surface area contributed by atoms with Crippen LogP contribution in [0.15, 0.2) is 36.5 Å². The normalized spacial score (nSPS) is 24.5. The van der Waals surface area contributed by atoms with Crippen LogP contribution in [0.3, 0.4) is 0 Å². The van der Waals surface area contributed by atoms with E-state index >= 15 is 0 Å². The average Bonchev–Trinajstić information content (AvgIpc) is 3.75. The van der Waals surface area contributed by atoms with Crippen LogP contribution in [0.25, 0.3) is 10.9 Å². The van der Waals surface area contributed by atoms with Crippen molar-refractivity contribution in [3.05, 3.63) is 47.9 Å². The van der Waals surface area contributed by atoms with Gasteiger partial charge in [-0.25, -0.2) is 0 Å². The molecule has 3 N–H and O–H groups in total. The van der Waals surface area contributed by atoms with Crippen LogP contribution >= 0.6 is 0 Å². The van der Waals surface area contributed by atoms with Crippen LogP contribution in [-0.4, -0.2) is 38.2 Å². The number of hydrogen-bond donors (Lipinski definition) is 3. The van der Waals surface area contributed by atoms with Crippen molar-refractivity contribution >= 4 is 22.5 Å². The van der Waals surface area contributed by atoms with E-state index in [9.17, 15) is 15.1 Å². The molecule has 0 spiro atoms. The first-order chi connectivity index (χ1) is 16.9. The largest absolute Gasteiger partial charge is 0.491 e. The summed E-state index contributed by atoms with van der Waals surface area (Å²) in [6.07, 6.45) is 9.68. The van der Waals surface area contributed by atoms with Gasteiger partial charge in [-0.15, -0.1) is 0 Å². The molecule has 0 bridgehead atoms. The first kappa shape index (κ1) is 22.3. The van der Waals surface area contributed by atoms with Gasteiger partial charge >= 0.3 is 11.6 Å². The van der Waals surface area contributed by atoms with E-state index in [1.165, 1.54) is 12.8 Å². The number of ether oxygens (including phenoxy) is 1. The molecule has 3 aliphatic rings. The summed E-state index contributed by atoms with van der Waals surface area (Å²) in [4.78, 5) is 13.2. The highest BCUT2D eigenvalue weighted by Crippen LogP contribution is 2.39.